The molecule has 0 radical (unpaired) electrons. The van der Waals surface area contributed by atoms with Gasteiger partial charge in [0.05, 0.1) is 11.3 Å². The van der Waals surface area contributed by atoms with E-state index in [2.05, 4.69) is 11.2 Å². The maximum Gasteiger partial charge on any atom is 0.338 e. The first-order valence-corrected chi connectivity index (χ1v) is 6.08. The molecule has 1 aromatic rings. The standard InChI is InChI=1S/C12H12FNO2S/c1-2-6-17-7-5-14-9-3-4-10(12(15)16)11(13)8-9/h1,3-4,8,14H,5-7H2,(H,15,16). The Morgan fingerprint density at radius 2 is 2.35 bits per heavy atom. The number of nitrogens with one attached hydrogen (secondary N) is 1. The van der Waals surface area contributed by atoms with Gasteiger partial charge in [0.25, 0.3) is 0 Å². The van der Waals surface area contributed by atoms with Gasteiger partial charge in [-0.05, 0) is 18.2 Å². The van der Waals surface area contributed by atoms with Crippen LogP contribution in [-0.4, -0.2) is 29.1 Å². The van der Waals surface area contributed by atoms with Gasteiger partial charge in [0, 0.05) is 18.0 Å². The molecule has 5 heteroatoms. The third-order valence-corrected chi connectivity index (χ3v) is 2.82. The van der Waals surface area contributed by atoms with Gasteiger partial charge >= 0.3 is 5.97 Å². The lowest BCUT2D eigenvalue weighted by atomic mass is 10.2. The number of carboxylic acids is 1. The van der Waals surface area contributed by atoms with Crippen LogP contribution in [0.4, 0.5) is 10.1 Å². The number of aromatic carboxylic acids is 1. The van der Waals surface area contributed by atoms with Crippen LogP contribution < -0.4 is 5.32 Å². The largest absolute Gasteiger partial charge is 0.478 e. The van der Waals surface area contributed by atoms with Crippen LogP contribution in [0.5, 0.6) is 0 Å². The molecule has 1 aromatic carbocycles. The van der Waals surface area contributed by atoms with Crippen molar-refractivity contribution in [2.24, 2.45) is 0 Å². The van der Waals surface area contributed by atoms with Gasteiger partial charge in [0.15, 0.2) is 0 Å². The quantitative estimate of drug-likeness (QED) is 0.603. The van der Waals surface area contributed by atoms with Crippen LogP contribution in [0.15, 0.2) is 18.2 Å². The molecule has 2 N–H and O–H groups in total. The van der Waals surface area contributed by atoms with Gasteiger partial charge in [-0.25, -0.2) is 9.18 Å². The van der Waals surface area contributed by atoms with Crippen LogP contribution in [0.25, 0.3) is 0 Å². The summed E-state index contributed by atoms with van der Waals surface area (Å²) in [6, 6.07) is 3.96. The molecule has 0 aromatic heterocycles. The van der Waals surface area contributed by atoms with Gasteiger partial charge in [0.2, 0.25) is 0 Å². The molecule has 0 amide bonds. The van der Waals surface area contributed by atoms with Crippen molar-refractivity contribution in [1.82, 2.24) is 0 Å². The molecular formula is C12H12FNO2S. The molecule has 90 valence electrons. The van der Waals surface area contributed by atoms with Crippen LogP contribution in [0.1, 0.15) is 10.4 Å². The molecule has 0 fully saturated rings. The Balaban J connectivity index is 2.48. The summed E-state index contributed by atoms with van der Waals surface area (Å²) in [4.78, 5) is 10.6. The monoisotopic (exact) mass is 253 g/mol. The molecule has 0 heterocycles. The summed E-state index contributed by atoms with van der Waals surface area (Å²) in [6.07, 6.45) is 5.09. The molecule has 0 spiro atoms. The Hall–Kier alpha value is -1.67. The van der Waals surface area contributed by atoms with E-state index in [-0.39, 0.29) is 5.56 Å². The lowest BCUT2D eigenvalue weighted by Crippen LogP contribution is -2.06. The minimum absolute atomic E-state index is 0.322. The molecule has 0 saturated heterocycles. The number of terminal acetylenes is 1. The van der Waals surface area contributed by atoms with Crippen LogP contribution in [0.2, 0.25) is 0 Å². The van der Waals surface area contributed by atoms with Crippen LogP contribution in [-0.2, 0) is 0 Å². The Labute approximate surface area is 103 Å². The van der Waals surface area contributed by atoms with Gasteiger partial charge in [-0.15, -0.1) is 18.2 Å². The second-order valence-corrected chi connectivity index (χ2v) is 4.29. The zero-order valence-electron chi connectivity index (χ0n) is 9.07. The number of halogens is 1. The average molecular weight is 253 g/mol. The fourth-order valence-corrected chi connectivity index (χ4v) is 1.71. The fourth-order valence-electron chi connectivity index (χ4n) is 1.20. The van der Waals surface area contributed by atoms with E-state index in [0.717, 1.165) is 5.75 Å². The van der Waals surface area contributed by atoms with Crippen molar-refractivity contribution in [2.45, 2.75) is 0 Å². The number of benzene rings is 1. The molecule has 0 unspecified atom stereocenters. The summed E-state index contributed by atoms with van der Waals surface area (Å²) in [5.41, 5.74) is 0.242. The SMILES string of the molecule is C#CCSCCNc1ccc(C(=O)O)c(F)c1. The Kier molecular flexibility index (Phi) is 5.37. The molecule has 1 rings (SSSR count). The first-order valence-electron chi connectivity index (χ1n) is 4.93. The van der Waals surface area contributed by atoms with E-state index in [4.69, 9.17) is 11.5 Å². The van der Waals surface area contributed by atoms with Crippen molar-refractivity contribution in [3.8, 4) is 12.3 Å². The Bertz CT molecular complexity index is 443. The van der Waals surface area contributed by atoms with E-state index >= 15 is 0 Å². The van der Waals surface area contributed by atoms with Crippen LogP contribution >= 0.6 is 11.8 Å². The molecule has 0 atom stereocenters. The lowest BCUT2D eigenvalue weighted by molar-refractivity contribution is 0.0692. The highest BCUT2D eigenvalue weighted by molar-refractivity contribution is 7.99. The number of carboxylic acid groups (broad SMARTS) is 1. The average Bonchev–Trinajstić information content (AvgIpc) is 2.28. The predicted octanol–water partition coefficient (Wildman–Crippen LogP) is 2.30. The molecule has 17 heavy (non-hydrogen) atoms. The Morgan fingerprint density at radius 3 is 2.94 bits per heavy atom. The summed E-state index contributed by atoms with van der Waals surface area (Å²) in [7, 11) is 0. The van der Waals surface area contributed by atoms with E-state index in [1.54, 1.807) is 17.8 Å². The van der Waals surface area contributed by atoms with Crippen molar-refractivity contribution < 1.29 is 14.3 Å². The van der Waals surface area contributed by atoms with Crippen LogP contribution in [0, 0.1) is 18.2 Å². The van der Waals surface area contributed by atoms with Crippen molar-refractivity contribution >= 4 is 23.4 Å². The van der Waals surface area contributed by atoms with E-state index in [1.807, 2.05) is 0 Å². The number of anilines is 1. The molecule has 0 bridgehead atoms. The number of hydrogen-bond acceptors (Lipinski definition) is 3. The molecule has 0 aliphatic heterocycles. The Morgan fingerprint density at radius 1 is 1.59 bits per heavy atom. The van der Waals surface area contributed by atoms with Crippen molar-refractivity contribution in [3.63, 3.8) is 0 Å². The topological polar surface area (TPSA) is 49.3 Å². The fraction of sp³-hybridized carbons (Fsp3) is 0.250. The third kappa shape index (κ3) is 4.37. The zero-order chi connectivity index (χ0) is 12.7. The summed E-state index contributed by atoms with van der Waals surface area (Å²) in [6.45, 7) is 0.651. The van der Waals surface area contributed by atoms with Gasteiger partial charge in [-0.3, -0.25) is 0 Å². The summed E-state index contributed by atoms with van der Waals surface area (Å²) >= 11 is 1.60. The van der Waals surface area contributed by atoms with Gasteiger partial charge in [0.1, 0.15) is 5.82 Å². The third-order valence-electron chi connectivity index (χ3n) is 1.96. The summed E-state index contributed by atoms with van der Waals surface area (Å²) in [5, 5.41) is 11.6. The van der Waals surface area contributed by atoms with Crippen molar-refractivity contribution in [3.05, 3.63) is 29.6 Å². The highest BCUT2D eigenvalue weighted by Crippen LogP contribution is 2.14. The molecule has 3 nitrogen and oxygen atoms in total. The number of hydrogen-bond donors (Lipinski definition) is 2. The van der Waals surface area contributed by atoms with E-state index in [9.17, 15) is 9.18 Å². The van der Waals surface area contributed by atoms with Crippen molar-refractivity contribution in [1.29, 1.82) is 0 Å². The number of rotatable bonds is 6. The molecule has 0 aliphatic rings. The van der Waals surface area contributed by atoms with E-state index in [0.29, 0.717) is 18.0 Å². The molecular weight excluding hydrogens is 241 g/mol. The lowest BCUT2D eigenvalue weighted by Gasteiger charge is -2.06. The minimum Gasteiger partial charge on any atom is -0.478 e. The number of thioether (sulfide) groups is 1. The predicted molar refractivity (Wildman–Crippen MR) is 68.0 cm³/mol. The smallest absolute Gasteiger partial charge is 0.338 e. The summed E-state index contributed by atoms with van der Waals surface area (Å²) in [5.74, 6) is 1.96. The van der Waals surface area contributed by atoms with Crippen LogP contribution in [0.3, 0.4) is 0 Å². The second kappa shape index (κ2) is 6.81. The van der Waals surface area contributed by atoms with Gasteiger partial charge < -0.3 is 10.4 Å². The normalized spacial score (nSPS) is 9.65. The maximum atomic E-state index is 13.3. The maximum absolute atomic E-state index is 13.3. The minimum atomic E-state index is -1.27. The van der Waals surface area contributed by atoms with Gasteiger partial charge in [-0.2, -0.15) is 0 Å². The van der Waals surface area contributed by atoms with E-state index < -0.39 is 11.8 Å². The molecule has 0 saturated carbocycles. The van der Waals surface area contributed by atoms with E-state index in [1.165, 1.54) is 12.1 Å². The first-order chi connectivity index (χ1) is 8.15. The summed E-state index contributed by atoms with van der Waals surface area (Å²) < 4.78 is 13.3. The number of carbonyl (C=O) groups is 1. The molecule has 0 aliphatic carbocycles. The first kappa shape index (κ1) is 13.4. The zero-order valence-corrected chi connectivity index (χ0v) is 9.89. The van der Waals surface area contributed by atoms with Gasteiger partial charge in [-0.1, -0.05) is 5.92 Å². The second-order valence-electron chi connectivity index (χ2n) is 3.18. The highest BCUT2D eigenvalue weighted by Gasteiger charge is 2.09. The highest BCUT2D eigenvalue weighted by atomic mass is 32.2. The van der Waals surface area contributed by atoms with Crippen molar-refractivity contribution in [2.75, 3.05) is 23.4 Å².